The van der Waals surface area contributed by atoms with Crippen molar-refractivity contribution in [3.05, 3.63) is 65.4 Å². The van der Waals surface area contributed by atoms with Gasteiger partial charge in [0.2, 0.25) is 5.91 Å². The number of hydrogen-bond donors (Lipinski definition) is 1. The number of fused-ring (bicyclic) bond motifs is 6. The molecule has 3 aromatic rings. The van der Waals surface area contributed by atoms with Crippen LogP contribution in [0.15, 0.2) is 48.5 Å². The second-order valence-corrected chi connectivity index (χ2v) is 8.17. The molecular formula is C24H25N3O2. The zero-order valence-electron chi connectivity index (χ0n) is 17.0. The summed E-state index contributed by atoms with van der Waals surface area (Å²) in [5, 5.41) is 1.14. The number of amides is 2. The third-order valence-corrected chi connectivity index (χ3v) is 6.37. The minimum atomic E-state index is -1.12. The average Bonchev–Trinajstić information content (AvgIpc) is 3.23. The Hall–Kier alpha value is -3.08. The Bertz CT molecular complexity index is 1150. The van der Waals surface area contributed by atoms with Crippen molar-refractivity contribution in [2.75, 3.05) is 11.4 Å². The highest BCUT2D eigenvalue weighted by atomic mass is 16.2. The lowest BCUT2D eigenvalue weighted by Gasteiger charge is -2.43. The van der Waals surface area contributed by atoms with E-state index in [4.69, 9.17) is 0 Å². The topological polar surface area (TPSA) is 56.4 Å². The van der Waals surface area contributed by atoms with E-state index in [1.54, 1.807) is 0 Å². The standard InChI is InChI=1S/C24H25N3O2/c1-4-21(28)26-14-13-17-16-9-5-7-11-19(16)25-22(17)24(26)18-10-6-8-12-20(18)27(15(2)3)23(24)29/h5-12,15,25H,4,13-14H2,1-3H3. The van der Waals surface area contributed by atoms with Gasteiger partial charge in [-0.2, -0.15) is 0 Å². The fourth-order valence-electron chi connectivity index (χ4n) is 5.20. The predicted octanol–water partition coefficient (Wildman–Crippen LogP) is 3.96. The van der Waals surface area contributed by atoms with Crippen molar-refractivity contribution in [2.45, 2.75) is 45.2 Å². The third-order valence-electron chi connectivity index (χ3n) is 6.37. The molecule has 0 radical (unpaired) electrons. The van der Waals surface area contributed by atoms with Crippen molar-refractivity contribution in [1.82, 2.24) is 9.88 Å². The Morgan fingerprint density at radius 2 is 1.86 bits per heavy atom. The Balaban J connectivity index is 1.89. The van der Waals surface area contributed by atoms with Crippen LogP contribution in [-0.4, -0.2) is 34.3 Å². The van der Waals surface area contributed by atoms with Gasteiger partial charge in [-0.15, -0.1) is 0 Å². The molecule has 29 heavy (non-hydrogen) atoms. The maximum atomic E-state index is 14.2. The highest BCUT2D eigenvalue weighted by Gasteiger charge is 2.60. The van der Waals surface area contributed by atoms with Crippen LogP contribution in [0.25, 0.3) is 10.9 Å². The Morgan fingerprint density at radius 3 is 2.62 bits per heavy atom. The van der Waals surface area contributed by atoms with Crippen LogP contribution < -0.4 is 4.90 Å². The molecule has 2 aliphatic heterocycles. The summed E-state index contributed by atoms with van der Waals surface area (Å²) in [6, 6.07) is 16.1. The summed E-state index contributed by atoms with van der Waals surface area (Å²) < 4.78 is 0. The van der Waals surface area contributed by atoms with Gasteiger partial charge in [0, 0.05) is 35.5 Å². The van der Waals surface area contributed by atoms with E-state index in [1.165, 1.54) is 0 Å². The van der Waals surface area contributed by atoms with E-state index in [9.17, 15) is 9.59 Å². The van der Waals surface area contributed by atoms with Gasteiger partial charge in [-0.3, -0.25) is 9.59 Å². The lowest BCUT2D eigenvalue weighted by molar-refractivity contribution is -0.144. The maximum absolute atomic E-state index is 14.2. The average molecular weight is 387 g/mol. The number of benzene rings is 2. The van der Waals surface area contributed by atoms with E-state index in [1.807, 2.05) is 73.0 Å². The molecule has 2 amide bonds. The molecule has 0 aliphatic carbocycles. The monoisotopic (exact) mass is 387 g/mol. The van der Waals surface area contributed by atoms with Crippen LogP contribution in [0.1, 0.15) is 44.0 Å². The maximum Gasteiger partial charge on any atom is 0.264 e. The van der Waals surface area contributed by atoms with Crippen LogP contribution in [0, 0.1) is 0 Å². The summed E-state index contributed by atoms with van der Waals surface area (Å²) in [4.78, 5) is 34.5. The third kappa shape index (κ3) is 2.16. The van der Waals surface area contributed by atoms with E-state index >= 15 is 0 Å². The largest absolute Gasteiger partial charge is 0.355 e. The second-order valence-electron chi connectivity index (χ2n) is 8.17. The first-order valence-corrected chi connectivity index (χ1v) is 10.4. The summed E-state index contributed by atoms with van der Waals surface area (Å²) >= 11 is 0. The van der Waals surface area contributed by atoms with Crippen LogP contribution in [0.4, 0.5) is 5.69 Å². The summed E-state index contributed by atoms with van der Waals surface area (Å²) in [7, 11) is 0. The summed E-state index contributed by atoms with van der Waals surface area (Å²) in [5.41, 5.74) is 3.68. The quantitative estimate of drug-likeness (QED) is 0.724. The summed E-state index contributed by atoms with van der Waals surface area (Å²) in [6.45, 7) is 6.44. The highest BCUT2D eigenvalue weighted by molar-refractivity contribution is 6.13. The summed E-state index contributed by atoms with van der Waals surface area (Å²) in [6.07, 6.45) is 1.11. The zero-order chi connectivity index (χ0) is 20.3. The number of anilines is 1. The Kier molecular flexibility index (Phi) is 3.85. The minimum absolute atomic E-state index is 0.00284. The number of para-hydroxylation sites is 2. The smallest absolute Gasteiger partial charge is 0.264 e. The van der Waals surface area contributed by atoms with Gasteiger partial charge in [-0.1, -0.05) is 43.3 Å². The number of hydrogen-bond acceptors (Lipinski definition) is 2. The Morgan fingerprint density at radius 1 is 1.14 bits per heavy atom. The van der Waals surface area contributed by atoms with Gasteiger partial charge in [0.05, 0.1) is 11.4 Å². The van der Waals surface area contributed by atoms with Crippen molar-refractivity contribution >= 4 is 28.4 Å². The molecule has 0 fully saturated rings. The van der Waals surface area contributed by atoms with E-state index in [0.29, 0.717) is 13.0 Å². The fourth-order valence-corrected chi connectivity index (χ4v) is 5.20. The number of H-pyrrole nitrogens is 1. The number of nitrogens with zero attached hydrogens (tertiary/aromatic N) is 2. The SMILES string of the molecule is CCC(=O)N1CCc2c([nH]c3ccccc23)C12C(=O)N(C(C)C)c1ccccc12. The van der Waals surface area contributed by atoms with Gasteiger partial charge in [0.15, 0.2) is 5.54 Å². The van der Waals surface area contributed by atoms with Crippen molar-refractivity contribution in [2.24, 2.45) is 0 Å². The first kappa shape index (κ1) is 18.0. The Labute approximate surface area is 170 Å². The molecule has 3 heterocycles. The van der Waals surface area contributed by atoms with E-state index < -0.39 is 5.54 Å². The lowest BCUT2D eigenvalue weighted by atomic mass is 9.79. The van der Waals surface area contributed by atoms with Crippen molar-refractivity contribution in [1.29, 1.82) is 0 Å². The van der Waals surface area contributed by atoms with Crippen LogP contribution >= 0.6 is 0 Å². The van der Waals surface area contributed by atoms with E-state index in [-0.39, 0.29) is 17.9 Å². The first-order valence-electron chi connectivity index (χ1n) is 10.4. The molecule has 1 atom stereocenters. The van der Waals surface area contributed by atoms with Crippen molar-refractivity contribution < 1.29 is 9.59 Å². The molecule has 0 saturated heterocycles. The number of rotatable bonds is 2. The molecule has 148 valence electrons. The van der Waals surface area contributed by atoms with Gasteiger partial charge in [-0.05, 0) is 38.0 Å². The molecule has 2 aromatic carbocycles. The number of aromatic nitrogens is 1. The molecule has 5 nitrogen and oxygen atoms in total. The van der Waals surface area contributed by atoms with E-state index in [2.05, 4.69) is 11.1 Å². The van der Waals surface area contributed by atoms with Gasteiger partial charge in [0.1, 0.15) is 0 Å². The van der Waals surface area contributed by atoms with Gasteiger partial charge < -0.3 is 14.8 Å². The van der Waals surface area contributed by atoms with Crippen molar-refractivity contribution in [3.8, 4) is 0 Å². The number of nitrogens with one attached hydrogen (secondary N) is 1. The van der Waals surface area contributed by atoms with Gasteiger partial charge in [0.25, 0.3) is 5.91 Å². The fraction of sp³-hybridized carbons (Fsp3) is 0.333. The molecule has 1 N–H and O–H groups in total. The molecule has 0 saturated carbocycles. The normalized spacial score (nSPS) is 20.6. The molecule has 1 unspecified atom stereocenters. The first-order chi connectivity index (χ1) is 14.0. The molecule has 1 aromatic heterocycles. The number of aromatic amines is 1. The molecular weight excluding hydrogens is 362 g/mol. The summed E-state index contributed by atoms with van der Waals surface area (Å²) in [5.74, 6) is -0.0360. The molecule has 5 rings (SSSR count). The molecule has 2 aliphatic rings. The highest BCUT2D eigenvalue weighted by Crippen LogP contribution is 2.52. The van der Waals surface area contributed by atoms with Crippen LogP contribution in [0.2, 0.25) is 0 Å². The number of carbonyl (C=O) groups is 2. The van der Waals surface area contributed by atoms with Crippen LogP contribution in [-0.2, 0) is 21.5 Å². The van der Waals surface area contributed by atoms with Crippen molar-refractivity contribution in [3.63, 3.8) is 0 Å². The zero-order valence-corrected chi connectivity index (χ0v) is 17.0. The molecule has 5 heteroatoms. The second kappa shape index (κ2) is 6.21. The van der Waals surface area contributed by atoms with Gasteiger partial charge >= 0.3 is 0 Å². The van der Waals surface area contributed by atoms with Crippen LogP contribution in [0.3, 0.4) is 0 Å². The molecule has 0 bridgehead atoms. The van der Waals surface area contributed by atoms with Crippen LogP contribution in [0.5, 0.6) is 0 Å². The number of carbonyl (C=O) groups excluding carboxylic acids is 2. The lowest BCUT2D eigenvalue weighted by Crippen LogP contribution is -2.59. The minimum Gasteiger partial charge on any atom is -0.355 e. The van der Waals surface area contributed by atoms with Gasteiger partial charge in [-0.25, -0.2) is 0 Å². The predicted molar refractivity (Wildman–Crippen MR) is 114 cm³/mol. The van der Waals surface area contributed by atoms with E-state index in [0.717, 1.165) is 39.8 Å². The molecule has 1 spiro atoms.